The van der Waals surface area contributed by atoms with Gasteiger partial charge in [0.1, 0.15) is 5.82 Å². The van der Waals surface area contributed by atoms with E-state index in [0.29, 0.717) is 12.1 Å². The zero-order valence-corrected chi connectivity index (χ0v) is 10.0. The molecule has 0 spiro atoms. The van der Waals surface area contributed by atoms with Crippen molar-refractivity contribution in [2.45, 2.75) is 45.2 Å². The normalized spacial score (nSPS) is 19.4. The molecule has 1 fully saturated rings. The molecule has 1 aromatic carbocycles. The second kappa shape index (κ2) is 4.96. The summed E-state index contributed by atoms with van der Waals surface area (Å²) in [6, 6.07) is 7.62. The second-order valence-electron chi connectivity index (χ2n) is 5.02. The molecule has 2 atom stereocenters. The average Bonchev–Trinajstić information content (AvgIpc) is 3.02. The molecule has 0 aliphatic heterocycles. The molecule has 1 aromatic rings. The molecule has 0 amide bonds. The molecular formula is C14H20FN. The molecule has 1 saturated carbocycles. The first-order valence-corrected chi connectivity index (χ1v) is 6.16. The van der Waals surface area contributed by atoms with E-state index in [2.05, 4.69) is 19.2 Å². The zero-order valence-electron chi connectivity index (χ0n) is 10.0. The van der Waals surface area contributed by atoms with Gasteiger partial charge in [0.25, 0.3) is 0 Å². The molecule has 0 heterocycles. The van der Waals surface area contributed by atoms with Gasteiger partial charge in [-0.1, -0.05) is 25.0 Å². The largest absolute Gasteiger partial charge is 0.308 e. The van der Waals surface area contributed by atoms with E-state index < -0.39 is 0 Å². The van der Waals surface area contributed by atoms with Gasteiger partial charge in [0.15, 0.2) is 0 Å². The van der Waals surface area contributed by atoms with E-state index in [1.165, 1.54) is 31.4 Å². The molecule has 2 heteroatoms. The number of hydrogen-bond donors (Lipinski definition) is 1. The summed E-state index contributed by atoms with van der Waals surface area (Å²) in [7, 11) is 0. The van der Waals surface area contributed by atoms with Crippen LogP contribution in [0.3, 0.4) is 0 Å². The van der Waals surface area contributed by atoms with Gasteiger partial charge >= 0.3 is 0 Å². The van der Waals surface area contributed by atoms with Crippen molar-refractivity contribution >= 4 is 0 Å². The lowest BCUT2D eigenvalue weighted by Crippen LogP contribution is -2.29. The van der Waals surface area contributed by atoms with E-state index >= 15 is 0 Å². The predicted molar refractivity (Wildman–Crippen MR) is 64.8 cm³/mol. The van der Waals surface area contributed by atoms with Gasteiger partial charge in [-0.15, -0.1) is 0 Å². The van der Waals surface area contributed by atoms with Crippen LogP contribution in [0.25, 0.3) is 0 Å². The summed E-state index contributed by atoms with van der Waals surface area (Å²) in [4.78, 5) is 0. The lowest BCUT2D eigenvalue weighted by Gasteiger charge is -2.20. The highest BCUT2D eigenvalue weighted by Gasteiger charge is 2.24. The van der Waals surface area contributed by atoms with Crippen molar-refractivity contribution in [1.29, 1.82) is 0 Å². The molecule has 0 saturated heterocycles. The Morgan fingerprint density at radius 1 is 1.25 bits per heavy atom. The van der Waals surface area contributed by atoms with Gasteiger partial charge in [-0.05, 0) is 43.9 Å². The molecule has 1 aliphatic rings. The van der Waals surface area contributed by atoms with Gasteiger partial charge in [0.2, 0.25) is 0 Å². The summed E-state index contributed by atoms with van der Waals surface area (Å²) in [5.41, 5.74) is 1.16. The molecule has 1 nitrogen and oxygen atoms in total. The first-order chi connectivity index (χ1) is 7.65. The van der Waals surface area contributed by atoms with E-state index in [4.69, 9.17) is 0 Å². The monoisotopic (exact) mass is 221 g/mol. The minimum absolute atomic E-state index is 0.165. The van der Waals surface area contributed by atoms with Crippen LogP contribution >= 0.6 is 0 Å². The molecule has 88 valence electrons. The summed E-state index contributed by atoms with van der Waals surface area (Å²) in [5.74, 6) is 0.782. The van der Waals surface area contributed by atoms with Crippen LogP contribution in [0.5, 0.6) is 0 Å². The molecule has 16 heavy (non-hydrogen) atoms. The fourth-order valence-electron chi connectivity index (χ4n) is 2.20. The maximum absolute atomic E-state index is 12.8. The second-order valence-corrected chi connectivity index (χ2v) is 5.02. The molecule has 0 radical (unpaired) electrons. The number of halogens is 1. The maximum atomic E-state index is 12.8. The fraction of sp³-hybridized carbons (Fsp3) is 0.571. The number of benzene rings is 1. The van der Waals surface area contributed by atoms with E-state index in [1.807, 2.05) is 12.1 Å². The van der Waals surface area contributed by atoms with Crippen molar-refractivity contribution < 1.29 is 4.39 Å². The smallest absolute Gasteiger partial charge is 0.123 e. The third kappa shape index (κ3) is 3.31. The Hall–Kier alpha value is -0.890. The molecule has 0 aromatic heterocycles. The van der Waals surface area contributed by atoms with Crippen LogP contribution in [0.1, 0.15) is 44.7 Å². The lowest BCUT2D eigenvalue weighted by molar-refractivity contribution is 0.438. The van der Waals surface area contributed by atoms with Crippen LogP contribution in [-0.4, -0.2) is 6.04 Å². The van der Waals surface area contributed by atoms with Gasteiger partial charge in [-0.2, -0.15) is 0 Å². The molecular weight excluding hydrogens is 201 g/mol. The van der Waals surface area contributed by atoms with Gasteiger partial charge in [-0.3, -0.25) is 0 Å². The van der Waals surface area contributed by atoms with Gasteiger partial charge in [0, 0.05) is 12.1 Å². The van der Waals surface area contributed by atoms with Gasteiger partial charge in [-0.25, -0.2) is 4.39 Å². The van der Waals surface area contributed by atoms with Crippen LogP contribution in [0.4, 0.5) is 4.39 Å². The van der Waals surface area contributed by atoms with E-state index in [-0.39, 0.29) is 5.82 Å². The van der Waals surface area contributed by atoms with E-state index in [1.54, 1.807) is 0 Å². The van der Waals surface area contributed by atoms with Crippen molar-refractivity contribution in [3.05, 3.63) is 35.6 Å². The number of rotatable bonds is 5. The lowest BCUT2D eigenvalue weighted by atomic mass is 10.1. The molecule has 2 rings (SSSR count). The highest BCUT2D eigenvalue weighted by atomic mass is 19.1. The van der Waals surface area contributed by atoms with Crippen LogP contribution in [0.2, 0.25) is 0 Å². The Bertz CT molecular complexity index is 329. The Labute approximate surface area is 97.1 Å². The highest BCUT2D eigenvalue weighted by molar-refractivity contribution is 5.19. The molecule has 1 N–H and O–H groups in total. The third-order valence-corrected chi connectivity index (χ3v) is 3.29. The Balaban J connectivity index is 1.85. The van der Waals surface area contributed by atoms with Crippen LogP contribution in [0.15, 0.2) is 24.3 Å². The summed E-state index contributed by atoms with van der Waals surface area (Å²) in [5, 5.41) is 3.56. The average molecular weight is 221 g/mol. The number of hydrogen-bond acceptors (Lipinski definition) is 1. The first kappa shape index (κ1) is 11.6. The number of nitrogens with one attached hydrogen (secondary N) is 1. The summed E-state index contributed by atoms with van der Waals surface area (Å²) < 4.78 is 12.8. The van der Waals surface area contributed by atoms with Crippen molar-refractivity contribution in [2.75, 3.05) is 0 Å². The quantitative estimate of drug-likeness (QED) is 0.800. The predicted octanol–water partition coefficient (Wildman–Crippen LogP) is 3.66. The van der Waals surface area contributed by atoms with Crippen LogP contribution in [0, 0.1) is 11.7 Å². The Morgan fingerprint density at radius 2 is 1.88 bits per heavy atom. The topological polar surface area (TPSA) is 12.0 Å². The van der Waals surface area contributed by atoms with E-state index in [0.717, 1.165) is 11.5 Å². The highest BCUT2D eigenvalue weighted by Crippen LogP contribution is 2.33. The van der Waals surface area contributed by atoms with Crippen molar-refractivity contribution in [3.63, 3.8) is 0 Å². The van der Waals surface area contributed by atoms with Crippen molar-refractivity contribution in [2.24, 2.45) is 5.92 Å². The van der Waals surface area contributed by atoms with Crippen molar-refractivity contribution in [3.8, 4) is 0 Å². The van der Waals surface area contributed by atoms with Crippen molar-refractivity contribution in [1.82, 2.24) is 5.32 Å². The van der Waals surface area contributed by atoms with Gasteiger partial charge in [0.05, 0.1) is 0 Å². The molecule has 0 bridgehead atoms. The minimum Gasteiger partial charge on any atom is -0.308 e. The Morgan fingerprint density at radius 3 is 2.44 bits per heavy atom. The van der Waals surface area contributed by atoms with Gasteiger partial charge < -0.3 is 5.32 Å². The van der Waals surface area contributed by atoms with Crippen LogP contribution in [-0.2, 0) is 0 Å². The zero-order chi connectivity index (χ0) is 11.5. The molecule has 1 aliphatic carbocycles. The third-order valence-electron chi connectivity index (χ3n) is 3.29. The maximum Gasteiger partial charge on any atom is 0.123 e. The summed E-state index contributed by atoms with van der Waals surface area (Å²) >= 11 is 0. The summed E-state index contributed by atoms with van der Waals surface area (Å²) in [6.07, 6.45) is 4.07. The molecule has 1 unspecified atom stereocenters. The fourth-order valence-corrected chi connectivity index (χ4v) is 2.20. The first-order valence-electron chi connectivity index (χ1n) is 6.16. The standard InChI is InChI=1S/C14H20FN/c1-10(9-12-3-4-12)16-11(2)13-5-7-14(15)8-6-13/h5-8,10-12,16H,3-4,9H2,1-2H3/t10?,11-/m1/s1. The van der Waals surface area contributed by atoms with Crippen LogP contribution < -0.4 is 5.32 Å². The Kier molecular flexibility index (Phi) is 3.59. The summed E-state index contributed by atoms with van der Waals surface area (Å²) in [6.45, 7) is 4.37. The van der Waals surface area contributed by atoms with E-state index in [9.17, 15) is 4.39 Å². The minimum atomic E-state index is -0.165. The SMILES string of the molecule is CC(CC1CC1)N[C@H](C)c1ccc(F)cc1.